The fraction of sp³-hybridized carbons (Fsp3) is 0.529. The fourth-order valence-corrected chi connectivity index (χ4v) is 3.63. The lowest BCUT2D eigenvalue weighted by Gasteiger charge is -2.25. The van der Waals surface area contributed by atoms with Crippen LogP contribution in [0.3, 0.4) is 0 Å². The van der Waals surface area contributed by atoms with E-state index in [2.05, 4.69) is 5.32 Å². The van der Waals surface area contributed by atoms with E-state index in [9.17, 15) is 9.59 Å². The van der Waals surface area contributed by atoms with Crippen molar-refractivity contribution in [1.29, 1.82) is 0 Å². The van der Waals surface area contributed by atoms with Gasteiger partial charge in [0.15, 0.2) is 0 Å². The van der Waals surface area contributed by atoms with E-state index >= 15 is 0 Å². The molecule has 4 nitrogen and oxygen atoms in total. The molecule has 1 saturated carbocycles. The largest absolute Gasteiger partial charge is 0.357 e. The topological polar surface area (TPSA) is 49.4 Å². The van der Waals surface area contributed by atoms with Gasteiger partial charge in [0.2, 0.25) is 11.8 Å². The highest BCUT2D eigenvalue weighted by Crippen LogP contribution is 2.35. The van der Waals surface area contributed by atoms with Crippen LogP contribution in [0.4, 0.5) is 5.69 Å². The third kappa shape index (κ3) is 2.67. The molecule has 1 heterocycles. The van der Waals surface area contributed by atoms with Crippen LogP contribution < -0.4 is 10.2 Å². The lowest BCUT2D eigenvalue weighted by molar-refractivity contribution is -0.126. The number of carbonyl (C=O) groups is 2. The molecule has 0 unspecified atom stereocenters. The molecule has 1 aromatic rings. The third-order valence-electron chi connectivity index (χ3n) is 4.73. The monoisotopic (exact) mass is 286 g/mol. The van der Waals surface area contributed by atoms with Crippen LogP contribution in [-0.2, 0) is 16.0 Å². The van der Waals surface area contributed by atoms with E-state index in [0.717, 1.165) is 24.1 Å². The molecule has 112 valence electrons. The smallest absolute Gasteiger partial charge is 0.243 e. The number of nitrogens with zero attached hydrogens (tertiary/aromatic N) is 1. The van der Waals surface area contributed by atoms with Crippen molar-refractivity contribution in [2.75, 3.05) is 11.9 Å². The van der Waals surface area contributed by atoms with Crippen LogP contribution in [-0.4, -0.2) is 24.9 Å². The molecule has 1 atom stereocenters. The second kappa shape index (κ2) is 5.88. The number of carbonyl (C=O) groups excluding carboxylic acids is 2. The molecule has 0 radical (unpaired) electrons. The van der Waals surface area contributed by atoms with Gasteiger partial charge in [0, 0.05) is 25.6 Å². The van der Waals surface area contributed by atoms with Crippen LogP contribution in [0.5, 0.6) is 0 Å². The fourth-order valence-electron chi connectivity index (χ4n) is 3.63. The van der Waals surface area contributed by atoms with Crippen LogP contribution in [0.15, 0.2) is 24.3 Å². The Morgan fingerprint density at radius 2 is 1.95 bits per heavy atom. The number of amides is 2. The summed E-state index contributed by atoms with van der Waals surface area (Å²) >= 11 is 0. The predicted molar refractivity (Wildman–Crippen MR) is 82.1 cm³/mol. The minimum Gasteiger partial charge on any atom is -0.357 e. The number of nitrogens with one attached hydrogen (secondary N) is 1. The SMILES string of the molecule is CNC(=O)[C@H]1Cc2ccccc2N1C(=O)CC1CCCC1. The number of rotatable bonds is 3. The zero-order valence-corrected chi connectivity index (χ0v) is 12.5. The third-order valence-corrected chi connectivity index (χ3v) is 4.73. The van der Waals surface area contributed by atoms with Crippen LogP contribution >= 0.6 is 0 Å². The summed E-state index contributed by atoms with van der Waals surface area (Å²) in [6.45, 7) is 0. The summed E-state index contributed by atoms with van der Waals surface area (Å²) in [6.07, 6.45) is 5.94. The number of hydrogen-bond acceptors (Lipinski definition) is 2. The Labute approximate surface area is 125 Å². The van der Waals surface area contributed by atoms with Crippen molar-refractivity contribution < 1.29 is 9.59 Å². The standard InChI is InChI=1S/C17H22N2O2/c1-18-17(21)15-11-13-8-4-5-9-14(13)19(15)16(20)10-12-6-2-3-7-12/h4-5,8-9,12,15H,2-3,6-7,10-11H2,1H3,(H,18,21)/t15-/m1/s1. The first-order chi connectivity index (χ1) is 10.2. The first-order valence-electron chi connectivity index (χ1n) is 7.82. The molecule has 1 aromatic carbocycles. The van der Waals surface area contributed by atoms with Crippen LogP contribution in [0, 0.1) is 5.92 Å². The zero-order valence-electron chi connectivity index (χ0n) is 12.5. The van der Waals surface area contributed by atoms with Crippen LogP contribution in [0.1, 0.15) is 37.7 Å². The van der Waals surface area contributed by atoms with Gasteiger partial charge in [-0.3, -0.25) is 14.5 Å². The number of fused-ring (bicyclic) bond motifs is 1. The maximum Gasteiger partial charge on any atom is 0.243 e. The molecule has 4 heteroatoms. The molecule has 1 N–H and O–H groups in total. The van der Waals surface area contributed by atoms with Gasteiger partial charge in [0.25, 0.3) is 0 Å². The average Bonchev–Trinajstić information content (AvgIpc) is 3.12. The maximum absolute atomic E-state index is 12.7. The maximum atomic E-state index is 12.7. The molecule has 0 saturated heterocycles. The van der Waals surface area contributed by atoms with E-state index in [1.54, 1.807) is 11.9 Å². The Bertz CT molecular complexity index is 549. The summed E-state index contributed by atoms with van der Waals surface area (Å²) in [5, 5.41) is 2.69. The normalized spacial score (nSPS) is 21.4. The number of likely N-dealkylation sites (N-methyl/N-ethyl adjacent to an activating group) is 1. The van der Waals surface area contributed by atoms with Crippen molar-refractivity contribution in [3.8, 4) is 0 Å². The molecule has 21 heavy (non-hydrogen) atoms. The molecular formula is C17H22N2O2. The Kier molecular flexibility index (Phi) is 3.95. The highest BCUT2D eigenvalue weighted by atomic mass is 16.2. The minimum absolute atomic E-state index is 0.0778. The highest BCUT2D eigenvalue weighted by Gasteiger charge is 2.38. The summed E-state index contributed by atoms with van der Waals surface area (Å²) in [6, 6.07) is 7.46. The predicted octanol–water partition coefficient (Wildman–Crippen LogP) is 2.27. The lowest BCUT2D eigenvalue weighted by Crippen LogP contribution is -2.47. The van der Waals surface area contributed by atoms with Crippen LogP contribution in [0.25, 0.3) is 0 Å². The first kappa shape index (κ1) is 14.1. The second-order valence-corrected chi connectivity index (χ2v) is 6.08. The molecule has 0 spiro atoms. The van der Waals surface area contributed by atoms with Gasteiger partial charge in [-0.2, -0.15) is 0 Å². The van der Waals surface area contributed by atoms with E-state index in [1.807, 2.05) is 24.3 Å². The molecule has 0 aromatic heterocycles. The van der Waals surface area contributed by atoms with Crippen molar-refractivity contribution in [3.63, 3.8) is 0 Å². The van der Waals surface area contributed by atoms with Gasteiger partial charge in [0.1, 0.15) is 6.04 Å². The van der Waals surface area contributed by atoms with E-state index < -0.39 is 0 Å². The summed E-state index contributed by atoms with van der Waals surface area (Å²) < 4.78 is 0. The van der Waals surface area contributed by atoms with Gasteiger partial charge in [-0.1, -0.05) is 31.0 Å². The van der Waals surface area contributed by atoms with Gasteiger partial charge in [-0.25, -0.2) is 0 Å². The molecule has 3 rings (SSSR count). The molecule has 2 amide bonds. The number of hydrogen-bond donors (Lipinski definition) is 1. The van der Waals surface area contributed by atoms with Gasteiger partial charge in [-0.15, -0.1) is 0 Å². The van der Waals surface area contributed by atoms with Gasteiger partial charge < -0.3 is 5.32 Å². The molecular weight excluding hydrogens is 264 g/mol. The molecule has 2 aliphatic rings. The zero-order chi connectivity index (χ0) is 14.8. The number of anilines is 1. The Hall–Kier alpha value is -1.84. The second-order valence-electron chi connectivity index (χ2n) is 6.08. The first-order valence-corrected chi connectivity index (χ1v) is 7.82. The van der Waals surface area contributed by atoms with E-state index in [1.165, 1.54) is 12.8 Å². The molecule has 1 fully saturated rings. The van der Waals surface area contributed by atoms with Crippen molar-refractivity contribution in [2.45, 2.75) is 44.6 Å². The van der Waals surface area contributed by atoms with E-state index in [0.29, 0.717) is 18.8 Å². The molecule has 0 bridgehead atoms. The minimum atomic E-state index is -0.388. The summed E-state index contributed by atoms with van der Waals surface area (Å²) in [5.74, 6) is 0.516. The molecule has 1 aliphatic carbocycles. The molecule has 1 aliphatic heterocycles. The Morgan fingerprint density at radius 3 is 2.67 bits per heavy atom. The van der Waals surface area contributed by atoms with Crippen molar-refractivity contribution in [2.24, 2.45) is 5.92 Å². The average molecular weight is 286 g/mol. The summed E-state index contributed by atoms with van der Waals surface area (Å²) in [5.41, 5.74) is 2.00. The van der Waals surface area contributed by atoms with Gasteiger partial charge in [-0.05, 0) is 30.4 Å². The van der Waals surface area contributed by atoms with Crippen molar-refractivity contribution in [1.82, 2.24) is 5.32 Å². The number of para-hydroxylation sites is 1. The number of benzene rings is 1. The lowest BCUT2D eigenvalue weighted by atomic mass is 10.0. The van der Waals surface area contributed by atoms with Crippen molar-refractivity contribution >= 4 is 17.5 Å². The summed E-state index contributed by atoms with van der Waals surface area (Å²) in [4.78, 5) is 26.6. The summed E-state index contributed by atoms with van der Waals surface area (Å²) in [7, 11) is 1.63. The van der Waals surface area contributed by atoms with E-state index in [-0.39, 0.29) is 17.9 Å². The van der Waals surface area contributed by atoms with Crippen molar-refractivity contribution in [3.05, 3.63) is 29.8 Å². The van der Waals surface area contributed by atoms with Gasteiger partial charge >= 0.3 is 0 Å². The quantitative estimate of drug-likeness (QED) is 0.926. The Morgan fingerprint density at radius 1 is 1.24 bits per heavy atom. The Balaban J connectivity index is 1.84. The van der Waals surface area contributed by atoms with E-state index in [4.69, 9.17) is 0 Å². The highest BCUT2D eigenvalue weighted by molar-refractivity contribution is 6.03. The van der Waals surface area contributed by atoms with Gasteiger partial charge in [0.05, 0.1) is 0 Å². The van der Waals surface area contributed by atoms with Crippen LogP contribution in [0.2, 0.25) is 0 Å².